The van der Waals surface area contributed by atoms with Crippen molar-refractivity contribution in [1.29, 1.82) is 0 Å². The minimum absolute atomic E-state index is 0.0681. The molecule has 3 aromatic rings. The van der Waals surface area contributed by atoms with Crippen molar-refractivity contribution in [1.82, 2.24) is 15.1 Å². The van der Waals surface area contributed by atoms with E-state index in [1.807, 2.05) is 53.4 Å². The van der Waals surface area contributed by atoms with E-state index in [4.69, 9.17) is 0 Å². The van der Waals surface area contributed by atoms with Crippen LogP contribution in [0.3, 0.4) is 0 Å². The third-order valence-corrected chi connectivity index (χ3v) is 4.62. The van der Waals surface area contributed by atoms with E-state index in [9.17, 15) is 4.79 Å². The van der Waals surface area contributed by atoms with E-state index in [1.54, 1.807) is 12.1 Å². The van der Waals surface area contributed by atoms with Gasteiger partial charge in [0.25, 0.3) is 5.91 Å². The average molecular weight is 359 g/mol. The lowest BCUT2D eigenvalue weighted by Gasteiger charge is -2.35. The molecule has 1 amide bonds. The molecule has 1 N–H and O–H groups in total. The Morgan fingerprint density at radius 1 is 0.778 bits per heavy atom. The summed E-state index contributed by atoms with van der Waals surface area (Å²) in [6, 6.07) is 23.5. The summed E-state index contributed by atoms with van der Waals surface area (Å²) in [5.74, 6) is 0.549. The molecule has 1 aliphatic rings. The van der Waals surface area contributed by atoms with E-state index in [0.29, 0.717) is 24.6 Å². The Labute approximate surface area is 158 Å². The van der Waals surface area contributed by atoms with Gasteiger partial charge in [0.05, 0.1) is 0 Å². The van der Waals surface area contributed by atoms with Crippen LogP contribution in [-0.4, -0.2) is 47.2 Å². The molecule has 4 rings (SSSR count). The summed E-state index contributed by atoms with van der Waals surface area (Å²) in [4.78, 5) is 16.8. The summed E-state index contributed by atoms with van der Waals surface area (Å²) >= 11 is 0. The van der Waals surface area contributed by atoms with Gasteiger partial charge in [-0.1, -0.05) is 36.4 Å². The maximum Gasteiger partial charge on any atom is 0.274 e. The van der Waals surface area contributed by atoms with Crippen LogP contribution in [0, 0.1) is 0 Å². The largest absolute Gasteiger partial charge is 0.368 e. The Kier molecular flexibility index (Phi) is 4.96. The highest BCUT2D eigenvalue weighted by molar-refractivity contribution is 5.92. The molecule has 6 heteroatoms. The smallest absolute Gasteiger partial charge is 0.274 e. The number of hydrogen-bond donors (Lipinski definition) is 1. The molecule has 27 heavy (non-hydrogen) atoms. The highest BCUT2D eigenvalue weighted by Gasteiger charge is 2.23. The number of benzene rings is 2. The molecule has 1 aromatic heterocycles. The van der Waals surface area contributed by atoms with Gasteiger partial charge in [-0.3, -0.25) is 4.79 Å². The number of para-hydroxylation sites is 2. The number of rotatable bonds is 4. The van der Waals surface area contributed by atoms with Crippen LogP contribution in [-0.2, 0) is 0 Å². The predicted octanol–water partition coefficient (Wildman–Crippen LogP) is 3.18. The molecule has 136 valence electrons. The third-order valence-electron chi connectivity index (χ3n) is 4.62. The molecule has 0 saturated carbocycles. The van der Waals surface area contributed by atoms with Crippen LogP contribution in [0.25, 0.3) is 0 Å². The fraction of sp³-hybridized carbons (Fsp3) is 0.190. The van der Waals surface area contributed by atoms with Gasteiger partial charge in [0.1, 0.15) is 0 Å². The predicted molar refractivity (Wildman–Crippen MR) is 106 cm³/mol. The van der Waals surface area contributed by atoms with Gasteiger partial charge in [0.15, 0.2) is 11.5 Å². The van der Waals surface area contributed by atoms with Crippen LogP contribution < -0.4 is 10.2 Å². The number of nitrogens with zero attached hydrogens (tertiary/aromatic N) is 4. The molecule has 0 unspecified atom stereocenters. The molecule has 0 atom stereocenters. The molecular formula is C21H21N5O. The fourth-order valence-corrected chi connectivity index (χ4v) is 3.15. The van der Waals surface area contributed by atoms with Crippen LogP contribution >= 0.6 is 0 Å². The summed E-state index contributed by atoms with van der Waals surface area (Å²) in [7, 11) is 0. The van der Waals surface area contributed by atoms with Gasteiger partial charge < -0.3 is 15.1 Å². The number of piperazine rings is 1. The monoisotopic (exact) mass is 359 g/mol. The lowest BCUT2D eigenvalue weighted by atomic mass is 10.2. The zero-order valence-corrected chi connectivity index (χ0v) is 15.0. The van der Waals surface area contributed by atoms with E-state index >= 15 is 0 Å². The molecule has 2 aromatic carbocycles. The Balaban J connectivity index is 1.36. The quantitative estimate of drug-likeness (QED) is 0.775. The zero-order chi connectivity index (χ0) is 18.5. The number of nitrogens with one attached hydrogen (secondary N) is 1. The number of amides is 1. The summed E-state index contributed by atoms with van der Waals surface area (Å²) in [5.41, 5.74) is 2.51. The molecular weight excluding hydrogens is 338 g/mol. The SMILES string of the molecule is O=C(c1ccc(Nc2ccccc2)nn1)N1CCN(c2ccccc2)CC1. The first-order valence-electron chi connectivity index (χ1n) is 9.05. The normalized spacial score (nSPS) is 14.1. The zero-order valence-electron chi connectivity index (χ0n) is 15.0. The first-order valence-corrected chi connectivity index (χ1v) is 9.05. The van der Waals surface area contributed by atoms with Gasteiger partial charge in [-0.2, -0.15) is 0 Å². The van der Waals surface area contributed by atoms with Crippen molar-refractivity contribution in [2.45, 2.75) is 0 Å². The van der Waals surface area contributed by atoms with Gasteiger partial charge in [0, 0.05) is 37.6 Å². The van der Waals surface area contributed by atoms with Crippen molar-refractivity contribution in [3.8, 4) is 0 Å². The molecule has 1 aliphatic heterocycles. The van der Waals surface area contributed by atoms with Gasteiger partial charge in [-0.05, 0) is 36.4 Å². The third kappa shape index (κ3) is 4.06. The number of hydrogen-bond acceptors (Lipinski definition) is 5. The van der Waals surface area contributed by atoms with Crippen LogP contribution in [0.4, 0.5) is 17.2 Å². The van der Waals surface area contributed by atoms with Crippen molar-refractivity contribution in [3.05, 3.63) is 78.5 Å². The van der Waals surface area contributed by atoms with Gasteiger partial charge in [-0.15, -0.1) is 10.2 Å². The van der Waals surface area contributed by atoms with E-state index in [0.717, 1.165) is 18.8 Å². The molecule has 0 aliphatic carbocycles. The Hall–Kier alpha value is -3.41. The van der Waals surface area contributed by atoms with Crippen molar-refractivity contribution < 1.29 is 4.79 Å². The van der Waals surface area contributed by atoms with Gasteiger partial charge in [-0.25, -0.2) is 0 Å². The standard InChI is InChI=1S/C21H21N5O/c27-21(26-15-13-25(14-16-26)18-9-5-2-6-10-18)19-11-12-20(24-23-19)22-17-7-3-1-4-8-17/h1-12H,13-16H2,(H,22,24). The Morgan fingerprint density at radius 3 is 2.07 bits per heavy atom. The highest BCUT2D eigenvalue weighted by Crippen LogP contribution is 2.17. The lowest BCUT2D eigenvalue weighted by molar-refractivity contribution is 0.0739. The van der Waals surface area contributed by atoms with E-state index in [-0.39, 0.29) is 5.91 Å². The van der Waals surface area contributed by atoms with Crippen molar-refractivity contribution in [3.63, 3.8) is 0 Å². The molecule has 1 saturated heterocycles. The van der Waals surface area contributed by atoms with Crippen molar-refractivity contribution in [2.75, 3.05) is 36.4 Å². The molecule has 0 spiro atoms. The van der Waals surface area contributed by atoms with Crippen LogP contribution in [0.2, 0.25) is 0 Å². The topological polar surface area (TPSA) is 61.4 Å². The van der Waals surface area contributed by atoms with Crippen LogP contribution in [0.1, 0.15) is 10.5 Å². The second-order valence-corrected chi connectivity index (χ2v) is 6.41. The highest BCUT2D eigenvalue weighted by atomic mass is 16.2. The Bertz CT molecular complexity index is 875. The minimum atomic E-state index is -0.0681. The lowest BCUT2D eigenvalue weighted by Crippen LogP contribution is -2.49. The number of carbonyl (C=O) groups is 1. The molecule has 2 heterocycles. The fourth-order valence-electron chi connectivity index (χ4n) is 3.15. The summed E-state index contributed by atoms with van der Waals surface area (Å²) in [6.07, 6.45) is 0. The van der Waals surface area contributed by atoms with Crippen molar-refractivity contribution >= 4 is 23.1 Å². The second-order valence-electron chi connectivity index (χ2n) is 6.41. The summed E-state index contributed by atoms with van der Waals surface area (Å²) in [5, 5.41) is 11.4. The second kappa shape index (κ2) is 7.86. The molecule has 0 bridgehead atoms. The maximum absolute atomic E-state index is 12.7. The van der Waals surface area contributed by atoms with E-state index in [1.165, 1.54) is 5.69 Å². The average Bonchev–Trinajstić information content (AvgIpc) is 2.75. The van der Waals surface area contributed by atoms with E-state index < -0.39 is 0 Å². The number of anilines is 3. The van der Waals surface area contributed by atoms with Crippen LogP contribution in [0.15, 0.2) is 72.8 Å². The minimum Gasteiger partial charge on any atom is -0.368 e. The summed E-state index contributed by atoms with van der Waals surface area (Å²) in [6.45, 7) is 2.99. The van der Waals surface area contributed by atoms with Gasteiger partial charge in [0.2, 0.25) is 0 Å². The van der Waals surface area contributed by atoms with Gasteiger partial charge >= 0.3 is 0 Å². The van der Waals surface area contributed by atoms with E-state index in [2.05, 4.69) is 32.5 Å². The summed E-state index contributed by atoms with van der Waals surface area (Å²) < 4.78 is 0. The Morgan fingerprint density at radius 2 is 1.44 bits per heavy atom. The molecule has 6 nitrogen and oxygen atoms in total. The maximum atomic E-state index is 12.7. The molecule has 0 radical (unpaired) electrons. The first-order chi connectivity index (χ1) is 13.3. The molecule has 1 fully saturated rings. The number of aromatic nitrogens is 2. The van der Waals surface area contributed by atoms with Crippen molar-refractivity contribution in [2.24, 2.45) is 0 Å². The first kappa shape index (κ1) is 17.0. The van der Waals surface area contributed by atoms with Crippen LogP contribution in [0.5, 0.6) is 0 Å². The number of carbonyl (C=O) groups excluding carboxylic acids is 1.